The van der Waals surface area contributed by atoms with Gasteiger partial charge in [-0.25, -0.2) is 0 Å². The van der Waals surface area contributed by atoms with E-state index in [1.54, 1.807) is 10.9 Å². The van der Waals surface area contributed by atoms with E-state index in [0.717, 1.165) is 44.1 Å². The molecule has 3 fully saturated rings. The van der Waals surface area contributed by atoms with Gasteiger partial charge in [0, 0.05) is 51.5 Å². The summed E-state index contributed by atoms with van der Waals surface area (Å²) in [6.45, 7) is 5.39. The highest BCUT2D eigenvalue weighted by molar-refractivity contribution is 5.17. The smallest absolute Gasteiger partial charge is 0.248 e. The van der Waals surface area contributed by atoms with Gasteiger partial charge in [0.25, 0.3) is 0 Å². The average Bonchev–Trinajstić information content (AvgIpc) is 3.17. The van der Waals surface area contributed by atoms with Crippen LogP contribution in [0.15, 0.2) is 16.9 Å². The fraction of sp³-hybridized carbons (Fsp3) is 0.615. The van der Waals surface area contributed by atoms with Crippen LogP contribution >= 0.6 is 0 Å². The molecule has 21 heavy (non-hydrogen) atoms. The molecule has 0 aliphatic carbocycles. The molecular weight excluding hydrogens is 270 g/mol. The molecule has 2 bridgehead atoms. The Kier molecular flexibility index (Phi) is 3.02. The summed E-state index contributed by atoms with van der Waals surface area (Å²) in [5.41, 5.74) is 7.05. The van der Waals surface area contributed by atoms with Gasteiger partial charge in [0.05, 0.1) is 12.2 Å². The standard InChI is InChI=1S/C13H19N7O/c1-18-7-9(6-15-18)11(14)13-16-12(17-21-13)10-8-19-2-4-20(10)5-3-19/h6-7,10-11H,2-5,8,14H2,1H3. The van der Waals surface area contributed by atoms with Crippen molar-refractivity contribution in [2.45, 2.75) is 12.1 Å². The van der Waals surface area contributed by atoms with Crippen molar-refractivity contribution in [2.75, 3.05) is 32.7 Å². The monoisotopic (exact) mass is 289 g/mol. The lowest BCUT2D eigenvalue weighted by atomic mass is 10.1. The van der Waals surface area contributed by atoms with E-state index in [4.69, 9.17) is 10.3 Å². The Bertz CT molecular complexity index is 628. The molecule has 3 aliphatic heterocycles. The minimum Gasteiger partial charge on any atom is -0.337 e. The van der Waals surface area contributed by atoms with Crippen LogP contribution in [0.2, 0.25) is 0 Å². The van der Waals surface area contributed by atoms with Crippen molar-refractivity contribution in [1.82, 2.24) is 29.7 Å². The van der Waals surface area contributed by atoms with Gasteiger partial charge in [-0.15, -0.1) is 0 Å². The second-order valence-electron chi connectivity index (χ2n) is 5.77. The minimum absolute atomic E-state index is 0.228. The zero-order valence-electron chi connectivity index (χ0n) is 12.0. The van der Waals surface area contributed by atoms with Gasteiger partial charge in [0.2, 0.25) is 5.89 Å². The van der Waals surface area contributed by atoms with Gasteiger partial charge in [-0.05, 0) is 0 Å². The molecule has 0 amide bonds. The first-order valence-corrected chi connectivity index (χ1v) is 7.25. The van der Waals surface area contributed by atoms with E-state index >= 15 is 0 Å². The van der Waals surface area contributed by atoms with Crippen LogP contribution in [-0.4, -0.2) is 62.4 Å². The lowest BCUT2D eigenvalue weighted by molar-refractivity contribution is 0.00781. The van der Waals surface area contributed by atoms with Crippen LogP contribution in [0.4, 0.5) is 0 Å². The zero-order valence-corrected chi connectivity index (χ0v) is 12.0. The van der Waals surface area contributed by atoms with Gasteiger partial charge in [0.1, 0.15) is 6.04 Å². The van der Waals surface area contributed by atoms with Crippen molar-refractivity contribution in [3.8, 4) is 0 Å². The number of nitrogens with zero attached hydrogens (tertiary/aromatic N) is 6. The highest BCUT2D eigenvalue weighted by atomic mass is 16.5. The highest BCUT2D eigenvalue weighted by Crippen LogP contribution is 2.28. The Morgan fingerprint density at radius 2 is 2.14 bits per heavy atom. The first kappa shape index (κ1) is 12.9. The fourth-order valence-corrected chi connectivity index (χ4v) is 3.11. The molecule has 0 spiro atoms. The number of piperazine rings is 3. The molecule has 2 aromatic heterocycles. The Hall–Kier alpha value is -1.77. The molecule has 2 N–H and O–H groups in total. The van der Waals surface area contributed by atoms with Crippen LogP contribution in [-0.2, 0) is 7.05 Å². The van der Waals surface area contributed by atoms with Crippen LogP contribution in [0.1, 0.15) is 29.4 Å². The summed E-state index contributed by atoms with van der Waals surface area (Å²) in [6, 6.07) is -0.192. The second kappa shape index (κ2) is 4.90. The maximum absolute atomic E-state index is 6.17. The van der Waals surface area contributed by atoms with E-state index in [0.29, 0.717) is 5.89 Å². The summed E-state index contributed by atoms with van der Waals surface area (Å²) >= 11 is 0. The molecular formula is C13H19N7O. The Balaban J connectivity index is 1.55. The van der Waals surface area contributed by atoms with Crippen LogP contribution < -0.4 is 5.73 Å². The summed E-state index contributed by atoms with van der Waals surface area (Å²) in [4.78, 5) is 9.40. The molecule has 8 nitrogen and oxygen atoms in total. The molecule has 0 saturated carbocycles. The van der Waals surface area contributed by atoms with Crippen molar-refractivity contribution in [2.24, 2.45) is 12.8 Å². The zero-order chi connectivity index (χ0) is 14.4. The summed E-state index contributed by atoms with van der Waals surface area (Å²) in [5.74, 6) is 1.20. The van der Waals surface area contributed by atoms with E-state index in [-0.39, 0.29) is 6.04 Å². The predicted octanol–water partition coefficient (Wildman–Crippen LogP) is -0.476. The summed E-state index contributed by atoms with van der Waals surface area (Å²) in [5, 5.41) is 8.27. The first-order chi connectivity index (χ1) is 10.2. The number of aryl methyl sites for hydroxylation is 1. The lowest BCUT2D eigenvalue weighted by Gasteiger charge is -2.46. The molecule has 2 unspecified atom stereocenters. The molecule has 0 radical (unpaired) electrons. The van der Waals surface area contributed by atoms with Crippen LogP contribution in [0, 0.1) is 0 Å². The average molecular weight is 289 g/mol. The van der Waals surface area contributed by atoms with Gasteiger partial charge < -0.3 is 10.3 Å². The summed E-state index contributed by atoms with van der Waals surface area (Å²) in [7, 11) is 1.86. The molecule has 5 rings (SSSR count). The van der Waals surface area contributed by atoms with E-state index in [2.05, 4.69) is 25.0 Å². The predicted molar refractivity (Wildman–Crippen MR) is 74.3 cm³/mol. The highest BCUT2D eigenvalue weighted by Gasteiger charge is 2.36. The fourth-order valence-electron chi connectivity index (χ4n) is 3.11. The Morgan fingerprint density at radius 1 is 1.33 bits per heavy atom. The van der Waals surface area contributed by atoms with Gasteiger partial charge >= 0.3 is 0 Å². The van der Waals surface area contributed by atoms with Crippen LogP contribution in [0.5, 0.6) is 0 Å². The largest absolute Gasteiger partial charge is 0.337 e. The third-order valence-corrected chi connectivity index (χ3v) is 4.38. The maximum atomic E-state index is 6.17. The quantitative estimate of drug-likeness (QED) is 0.816. The number of nitrogens with two attached hydrogens (primary N) is 1. The number of hydrogen-bond donors (Lipinski definition) is 1. The maximum Gasteiger partial charge on any atom is 0.248 e. The minimum atomic E-state index is -0.420. The Morgan fingerprint density at radius 3 is 2.76 bits per heavy atom. The van der Waals surface area contributed by atoms with E-state index < -0.39 is 6.04 Å². The number of rotatable bonds is 3. The van der Waals surface area contributed by atoms with Crippen LogP contribution in [0.25, 0.3) is 0 Å². The van der Waals surface area contributed by atoms with Gasteiger partial charge in [-0.1, -0.05) is 5.16 Å². The van der Waals surface area contributed by atoms with Crippen molar-refractivity contribution in [3.05, 3.63) is 29.7 Å². The van der Waals surface area contributed by atoms with Crippen molar-refractivity contribution < 1.29 is 4.52 Å². The molecule has 2 atom stereocenters. The topological polar surface area (TPSA) is 89.2 Å². The van der Waals surface area contributed by atoms with Crippen molar-refractivity contribution >= 4 is 0 Å². The van der Waals surface area contributed by atoms with Crippen molar-refractivity contribution in [1.29, 1.82) is 0 Å². The third kappa shape index (κ3) is 2.25. The van der Waals surface area contributed by atoms with Crippen molar-refractivity contribution in [3.63, 3.8) is 0 Å². The molecule has 0 aromatic carbocycles. The third-order valence-electron chi connectivity index (χ3n) is 4.38. The first-order valence-electron chi connectivity index (χ1n) is 7.25. The van der Waals surface area contributed by atoms with E-state index in [1.807, 2.05) is 13.2 Å². The van der Waals surface area contributed by atoms with Crippen LogP contribution in [0.3, 0.4) is 0 Å². The normalized spacial score (nSPS) is 29.7. The lowest BCUT2D eigenvalue weighted by Crippen LogP contribution is -2.57. The van der Waals surface area contributed by atoms with Gasteiger partial charge in [0.15, 0.2) is 5.82 Å². The van der Waals surface area contributed by atoms with E-state index in [1.165, 1.54) is 0 Å². The molecule has 3 saturated heterocycles. The summed E-state index contributed by atoms with van der Waals surface area (Å²) in [6.07, 6.45) is 3.60. The SMILES string of the molecule is Cn1cc(C(N)c2nc(C3CN4CCN3CC4)no2)cn1. The Labute approximate surface area is 122 Å². The number of aromatic nitrogens is 4. The van der Waals surface area contributed by atoms with E-state index in [9.17, 15) is 0 Å². The second-order valence-corrected chi connectivity index (χ2v) is 5.77. The molecule has 2 aromatic rings. The number of fused-ring (bicyclic) bond motifs is 3. The molecule has 112 valence electrons. The molecule has 8 heteroatoms. The molecule has 5 heterocycles. The van der Waals surface area contributed by atoms with Gasteiger partial charge in [-0.2, -0.15) is 10.1 Å². The number of hydrogen-bond acceptors (Lipinski definition) is 7. The molecule has 3 aliphatic rings. The summed E-state index contributed by atoms with van der Waals surface area (Å²) < 4.78 is 7.10. The van der Waals surface area contributed by atoms with Gasteiger partial charge in [-0.3, -0.25) is 14.5 Å².